The number of esters is 1. The molecule has 0 aromatic carbocycles. The highest BCUT2D eigenvalue weighted by Gasteiger charge is 2.28. The third kappa shape index (κ3) is 3.73. The lowest BCUT2D eigenvalue weighted by Gasteiger charge is -2.26. The highest BCUT2D eigenvalue weighted by Crippen LogP contribution is 2.32. The zero-order chi connectivity index (χ0) is 16.3. The van der Waals surface area contributed by atoms with Gasteiger partial charge < -0.3 is 20.1 Å². The Morgan fingerprint density at radius 2 is 1.86 bits per heavy atom. The summed E-state index contributed by atoms with van der Waals surface area (Å²) in [7, 11) is 0. The van der Waals surface area contributed by atoms with Crippen LogP contribution in [-0.2, 0) is 14.3 Å². The number of carbonyl (C=O) groups is 2. The molecule has 2 heterocycles. The number of carbonyl (C=O) groups excluding carboxylic acids is 2. The third-order valence-electron chi connectivity index (χ3n) is 3.01. The van der Waals surface area contributed by atoms with Crippen LogP contribution in [0.1, 0.15) is 10.5 Å². The van der Waals surface area contributed by atoms with Crippen LogP contribution in [0.4, 0.5) is 5.69 Å². The normalized spacial score (nSPS) is 14.8. The summed E-state index contributed by atoms with van der Waals surface area (Å²) < 4.78 is 10.1. The smallest absolute Gasteiger partial charge is 0.405 e. The van der Waals surface area contributed by atoms with Crippen LogP contribution >= 0.6 is 34.8 Å². The summed E-state index contributed by atoms with van der Waals surface area (Å²) in [5.41, 5.74) is 5.42. The fourth-order valence-electron chi connectivity index (χ4n) is 1.81. The lowest BCUT2D eigenvalue weighted by molar-refractivity contribution is -0.380. The Labute approximate surface area is 141 Å². The summed E-state index contributed by atoms with van der Waals surface area (Å²) in [5, 5.41) is -0.152. The van der Waals surface area contributed by atoms with Crippen LogP contribution < -0.4 is 10.7 Å². The number of aromatic nitrogens is 1. The van der Waals surface area contributed by atoms with E-state index in [0.717, 1.165) is 0 Å². The average molecular weight is 370 g/mol. The molecule has 1 aliphatic rings. The van der Waals surface area contributed by atoms with Gasteiger partial charge in [0, 0.05) is 13.1 Å². The molecule has 22 heavy (non-hydrogen) atoms. The van der Waals surface area contributed by atoms with Gasteiger partial charge in [-0.2, -0.15) is 4.98 Å². The molecule has 0 radical (unpaired) electrons. The van der Waals surface area contributed by atoms with E-state index in [9.17, 15) is 9.59 Å². The van der Waals surface area contributed by atoms with Gasteiger partial charge in [0.25, 0.3) is 11.1 Å². The van der Waals surface area contributed by atoms with E-state index in [-0.39, 0.29) is 32.5 Å². The first-order valence-corrected chi connectivity index (χ1v) is 7.43. The number of anilines is 1. The molecule has 1 aromatic rings. The van der Waals surface area contributed by atoms with E-state index in [1.165, 1.54) is 0 Å². The van der Waals surface area contributed by atoms with E-state index in [0.29, 0.717) is 26.3 Å². The van der Waals surface area contributed by atoms with Crippen molar-refractivity contribution >= 4 is 52.4 Å². The molecule has 120 valence electrons. The molecule has 1 fully saturated rings. The summed E-state index contributed by atoms with van der Waals surface area (Å²) in [6.07, 6.45) is 0. The number of rotatable bonds is 3. The number of nitrogens with two attached hydrogens (primary N) is 1. The quantitative estimate of drug-likeness (QED) is 0.635. The number of amides is 1. The van der Waals surface area contributed by atoms with Gasteiger partial charge in [0.1, 0.15) is 10.0 Å². The molecular weight excluding hydrogens is 357 g/mol. The van der Waals surface area contributed by atoms with E-state index in [1.807, 2.05) is 0 Å². The van der Waals surface area contributed by atoms with Crippen molar-refractivity contribution in [3.8, 4) is 0 Å². The molecule has 10 heteroatoms. The molecule has 0 saturated carbocycles. The Morgan fingerprint density at radius 3 is 2.50 bits per heavy atom. The van der Waals surface area contributed by atoms with E-state index in [1.54, 1.807) is 4.90 Å². The molecule has 0 unspecified atom stereocenters. The van der Waals surface area contributed by atoms with Gasteiger partial charge in [-0.3, -0.25) is 4.79 Å². The van der Waals surface area contributed by atoms with Gasteiger partial charge in [-0.15, -0.1) is 0 Å². The van der Waals surface area contributed by atoms with Crippen molar-refractivity contribution in [2.24, 2.45) is 0 Å². The van der Waals surface area contributed by atoms with E-state index < -0.39 is 12.6 Å². The van der Waals surface area contributed by atoms with Gasteiger partial charge in [0.05, 0.1) is 18.9 Å². The highest BCUT2D eigenvalue weighted by molar-refractivity contribution is 6.45. The topological polar surface area (TPSA) is 96.0 Å². The fourth-order valence-corrected chi connectivity index (χ4v) is 2.42. The van der Waals surface area contributed by atoms with Crippen LogP contribution in [0.3, 0.4) is 0 Å². The Bertz CT molecular complexity index is 606. The molecule has 0 bridgehead atoms. The zero-order valence-corrected chi connectivity index (χ0v) is 13.6. The predicted octanol–water partition coefficient (Wildman–Crippen LogP) is 1.06. The van der Waals surface area contributed by atoms with Gasteiger partial charge in [0.15, 0.2) is 6.61 Å². The number of aromatic amines is 1. The van der Waals surface area contributed by atoms with Crippen molar-refractivity contribution in [1.29, 1.82) is 0 Å². The first kappa shape index (κ1) is 17.1. The maximum Gasteiger partial charge on any atom is 0.405 e. The molecule has 0 aliphatic carbocycles. The van der Waals surface area contributed by atoms with Gasteiger partial charge in [-0.1, -0.05) is 23.2 Å². The van der Waals surface area contributed by atoms with Crippen molar-refractivity contribution in [2.45, 2.75) is 0 Å². The monoisotopic (exact) mass is 368 g/mol. The van der Waals surface area contributed by atoms with Gasteiger partial charge >= 0.3 is 11.7 Å². The number of nitrogen functional groups attached to an aromatic ring is 1. The lowest BCUT2D eigenvalue weighted by Crippen LogP contribution is -2.42. The molecule has 1 aromatic heterocycles. The number of H-pyrrole nitrogens is 1. The molecule has 0 spiro atoms. The zero-order valence-electron chi connectivity index (χ0n) is 11.3. The highest BCUT2D eigenvalue weighted by atomic mass is 35.5. The number of hydrogen-bond donors (Lipinski definition) is 1. The molecule has 1 aliphatic heterocycles. The minimum Gasteiger partial charge on any atom is -0.448 e. The Balaban J connectivity index is 2.02. The first-order valence-electron chi connectivity index (χ1n) is 6.29. The molecule has 0 atom stereocenters. The minimum atomic E-state index is -0.850. The maximum atomic E-state index is 12.0. The van der Waals surface area contributed by atoms with E-state index >= 15 is 0 Å². The first-order chi connectivity index (χ1) is 10.4. The van der Waals surface area contributed by atoms with E-state index in [4.69, 9.17) is 50.0 Å². The van der Waals surface area contributed by atoms with Gasteiger partial charge in [-0.25, -0.2) is 4.79 Å². The van der Waals surface area contributed by atoms with Gasteiger partial charge in [-0.05, 0) is 11.6 Å². The number of halogens is 3. The summed E-state index contributed by atoms with van der Waals surface area (Å²) in [6.45, 7) is 1.43. The minimum absolute atomic E-state index is 0.00705. The maximum absolute atomic E-state index is 12.0. The molecular formula is C12H13Cl3N3O4+. The fraction of sp³-hybridized carbons (Fsp3) is 0.417. The van der Waals surface area contributed by atoms with Crippen LogP contribution in [0.2, 0.25) is 15.2 Å². The standard InChI is InChI=1S/C12H12Cl3N3O4/c13-7-9(16)8(14)11(15)17-10(7)12(20)22-5-6(19)18-1-3-21-4-2-18/h1-5H2,(H2,16,17)/p+1. The Kier molecular flexibility index (Phi) is 5.69. The molecule has 3 N–H and O–H groups in total. The van der Waals surface area contributed by atoms with Crippen LogP contribution in [0, 0.1) is 0 Å². The van der Waals surface area contributed by atoms with Crippen LogP contribution in [0.5, 0.6) is 0 Å². The molecule has 1 saturated heterocycles. The number of hydrogen-bond acceptors (Lipinski definition) is 5. The number of nitrogens with zero attached hydrogens (tertiary/aromatic N) is 1. The Morgan fingerprint density at radius 1 is 1.23 bits per heavy atom. The molecule has 2 rings (SSSR count). The van der Waals surface area contributed by atoms with Crippen molar-refractivity contribution in [1.82, 2.24) is 4.90 Å². The largest absolute Gasteiger partial charge is 0.448 e. The van der Waals surface area contributed by atoms with E-state index in [2.05, 4.69) is 4.98 Å². The summed E-state index contributed by atoms with van der Waals surface area (Å²) in [4.78, 5) is 27.9. The summed E-state index contributed by atoms with van der Waals surface area (Å²) in [6, 6.07) is 0. The number of nitrogens with one attached hydrogen (secondary N) is 1. The Hall–Kier alpha value is -1.28. The second kappa shape index (κ2) is 7.32. The number of ether oxygens (including phenoxy) is 2. The number of morpholine rings is 1. The average Bonchev–Trinajstić information content (AvgIpc) is 2.54. The van der Waals surface area contributed by atoms with Crippen molar-refractivity contribution in [3.05, 3.63) is 20.9 Å². The number of pyridine rings is 1. The summed E-state index contributed by atoms with van der Waals surface area (Å²) >= 11 is 17.5. The van der Waals surface area contributed by atoms with Crippen molar-refractivity contribution in [3.63, 3.8) is 0 Å². The lowest BCUT2D eigenvalue weighted by atomic mass is 10.3. The second-order valence-corrected chi connectivity index (χ2v) is 5.56. The van der Waals surface area contributed by atoms with Crippen LogP contribution in [0.15, 0.2) is 0 Å². The molecule has 7 nitrogen and oxygen atoms in total. The van der Waals surface area contributed by atoms with Crippen molar-refractivity contribution < 1.29 is 24.0 Å². The van der Waals surface area contributed by atoms with Crippen molar-refractivity contribution in [2.75, 3.05) is 38.6 Å². The summed E-state index contributed by atoms with van der Waals surface area (Å²) in [5.74, 6) is -1.17. The third-order valence-corrected chi connectivity index (χ3v) is 4.18. The van der Waals surface area contributed by atoms with Crippen LogP contribution in [-0.4, -0.2) is 49.7 Å². The van der Waals surface area contributed by atoms with Gasteiger partial charge in [0.2, 0.25) is 0 Å². The SMILES string of the molecule is Nc1c(Cl)c(Cl)[nH+]c(C(=O)OCC(=O)N2CCOCC2)c1Cl. The molecule has 1 amide bonds. The van der Waals surface area contributed by atoms with Crippen LogP contribution in [0.25, 0.3) is 0 Å². The predicted molar refractivity (Wildman–Crippen MR) is 80.1 cm³/mol. The second-order valence-electron chi connectivity index (χ2n) is 4.42.